The van der Waals surface area contributed by atoms with Crippen molar-refractivity contribution in [3.63, 3.8) is 0 Å². The average molecular weight is 355 g/mol. The third-order valence-electron chi connectivity index (χ3n) is 4.33. The van der Waals surface area contributed by atoms with Crippen LogP contribution < -0.4 is 21.5 Å². The number of amides is 1. The minimum absolute atomic E-state index is 0.257. The molecule has 26 heavy (non-hydrogen) atoms. The minimum Gasteiger partial charge on any atom is -0.357 e. The molecule has 2 aromatic rings. The zero-order chi connectivity index (χ0) is 18.7. The molecule has 0 unspecified atom stereocenters. The van der Waals surface area contributed by atoms with Crippen LogP contribution in [0.1, 0.15) is 18.4 Å². The minimum atomic E-state index is -0.450. The van der Waals surface area contributed by atoms with Gasteiger partial charge in [0.05, 0.1) is 17.4 Å². The number of hydrogen-bond donors (Lipinski definition) is 1. The first kappa shape index (κ1) is 17.7. The van der Waals surface area contributed by atoms with Gasteiger partial charge in [0.1, 0.15) is 5.82 Å². The summed E-state index contributed by atoms with van der Waals surface area (Å²) in [6.07, 6.45) is 8.02. The third kappa shape index (κ3) is 3.74. The van der Waals surface area contributed by atoms with E-state index in [-0.39, 0.29) is 11.5 Å². The highest BCUT2D eigenvalue weighted by atomic mass is 16.2. The molecular formula is C18H21N5O3. The zero-order valence-corrected chi connectivity index (χ0v) is 14.8. The Morgan fingerprint density at radius 2 is 1.92 bits per heavy atom. The fourth-order valence-electron chi connectivity index (χ4n) is 2.89. The van der Waals surface area contributed by atoms with Crippen LogP contribution in [-0.4, -0.2) is 33.1 Å². The molecule has 0 bridgehead atoms. The fourth-order valence-corrected chi connectivity index (χ4v) is 2.89. The standard InChI is InChI=1S/C18H21N5O3/c1-21-12-13(17(25)22(2)18(21)26)5-8-16(24)20-14-6-7-15(19-11-14)23-9-3-4-10-23/h5-8,11-12H,3-4,9-10H2,1-2H3,(H,20,24)/b8-5+. The van der Waals surface area contributed by atoms with Gasteiger partial charge in [-0.1, -0.05) is 0 Å². The lowest BCUT2D eigenvalue weighted by Gasteiger charge is -2.16. The molecule has 3 rings (SSSR count). The molecule has 1 fully saturated rings. The maximum atomic E-state index is 12.1. The van der Waals surface area contributed by atoms with Crippen molar-refractivity contribution in [2.24, 2.45) is 14.1 Å². The zero-order valence-electron chi connectivity index (χ0n) is 14.8. The molecule has 1 amide bonds. The summed E-state index contributed by atoms with van der Waals surface area (Å²) in [5.74, 6) is 0.529. The van der Waals surface area contributed by atoms with Gasteiger partial charge in [-0.05, 0) is 31.1 Å². The van der Waals surface area contributed by atoms with Crippen LogP contribution in [0.3, 0.4) is 0 Å². The number of pyridine rings is 1. The van der Waals surface area contributed by atoms with Crippen molar-refractivity contribution in [2.75, 3.05) is 23.3 Å². The predicted molar refractivity (Wildman–Crippen MR) is 100 cm³/mol. The Morgan fingerprint density at radius 3 is 2.58 bits per heavy atom. The van der Waals surface area contributed by atoms with E-state index in [0.717, 1.165) is 23.5 Å². The second kappa shape index (κ2) is 7.38. The largest absolute Gasteiger partial charge is 0.357 e. The van der Waals surface area contributed by atoms with Crippen molar-refractivity contribution in [3.8, 4) is 0 Å². The quantitative estimate of drug-likeness (QED) is 0.817. The summed E-state index contributed by atoms with van der Waals surface area (Å²) >= 11 is 0. The van der Waals surface area contributed by atoms with E-state index in [1.165, 1.54) is 42.8 Å². The molecule has 0 radical (unpaired) electrons. The molecule has 8 heteroatoms. The molecule has 1 N–H and O–H groups in total. The number of nitrogens with zero attached hydrogens (tertiary/aromatic N) is 4. The van der Waals surface area contributed by atoms with Crippen molar-refractivity contribution in [2.45, 2.75) is 12.8 Å². The van der Waals surface area contributed by atoms with Gasteiger partial charge in [0.2, 0.25) is 5.91 Å². The van der Waals surface area contributed by atoms with E-state index in [2.05, 4.69) is 15.2 Å². The molecular weight excluding hydrogens is 334 g/mol. The van der Waals surface area contributed by atoms with Gasteiger partial charge in [0.25, 0.3) is 5.56 Å². The summed E-state index contributed by atoms with van der Waals surface area (Å²) in [4.78, 5) is 42.3. The van der Waals surface area contributed by atoms with Gasteiger partial charge < -0.3 is 14.8 Å². The maximum absolute atomic E-state index is 12.1. The maximum Gasteiger partial charge on any atom is 0.330 e. The summed E-state index contributed by atoms with van der Waals surface area (Å²) in [7, 11) is 2.95. The number of carbonyl (C=O) groups is 1. The smallest absolute Gasteiger partial charge is 0.330 e. The third-order valence-corrected chi connectivity index (χ3v) is 4.33. The molecule has 8 nitrogen and oxygen atoms in total. The first-order valence-electron chi connectivity index (χ1n) is 8.42. The molecule has 2 aromatic heterocycles. The second-order valence-corrected chi connectivity index (χ2v) is 6.26. The molecule has 1 aliphatic rings. The molecule has 3 heterocycles. The van der Waals surface area contributed by atoms with Gasteiger partial charge >= 0.3 is 5.69 Å². The van der Waals surface area contributed by atoms with E-state index in [1.54, 1.807) is 19.3 Å². The lowest BCUT2D eigenvalue weighted by atomic mass is 10.3. The van der Waals surface area contributed by atoms with Gasteiger partial charge in [-0.3, -0.25) is 14.2 Å². The van der Waals surface area contributed by atoms with Crippen LogP contribution in [0, 0.1) is 0 Å². The molecule has 0 atom stereocenters. The highest BCUT2D eigenvalue weighted by molar-refractivity contribution is 6.01. The first-order chi connectivity index (χ1) is 12.5. The Balaban J connectivity index is 1.68. The molecule has 0 spiro atoms. The molecule has 0 aliphatic carbocycles. The normalized spacial score (nSPS) is 14.2. The van der Waals surface area contributed by atoms with E-state index >= 15 is 0 Å². The van der Waals surface area contributed by atoms with Gasteiger partial charge in [-0.2, -0.15) is 0 Å². The lowest BCUT2D eigenvalue weighted by molar-refractivity contribution is -0.111. The summed E-state index contributed by atoms with van der Waals surface area (Å²) in [5.41, 5.74) is -0.0298. The van der Waals surface area contributed by atoms with Crippen LogP contribution in [0.5, 0.6) is 0 Å². The van der Waals surface area contributed by atoms with Crippen LogP contribution in [0.4, 0.5) is 11.5 Å². The highest BCUT2D eigenvalue weighted by Gasteiger charge is 2.13. The Hall–Kier alpha value is -3.16. The molecule has 0 saturated carbocycles. The Labute approximate surface area is 150 Å². The van der Waals surface area contributed by atoms with E-state index in [9.17, 15) is 14.4 Å². The molecule has 0 aromatic carbocycles. The molecule has 1 aliphatic heterocycles. The van der Waals surface area contributed by atoms with Gasteiger partial charge in [0.15, 0.2) is 0 Å². The van der Waals surface area contributed by atoms with Crippen LogP contribution in [0.2, 0.25) is 0 Å². The Kier molecular flexibility index (Phi) is 5.01. The predicted octanol–water partition coefficient (Wildman–Crippen LogP) is 0.731. The monoisotopic (exact) mass is 355 g/mol. The second-order valence-electron chi connectivity index (χ2n) is 6.26. The summed E-state index contributed by atoms with van der Waals surface area (Å²) in [5, 5.41) is 2.71. The number of carbonyl (C=O) groups excluding carboxylic acids is 1. The Morgan fingerprint density at radius 1 is 1.19 bits per heavy atom. The van der Waals surface area contributed by atoms with Gasteiger partial charge in [0, 0.05) is 39.5 Å². The number of hydrogen-bond acceptors (Lipinski definition) is 5. The number of anilines is 2. The van der Waals surface area contributed by atoms with Crippen molar-refractivity contribution in [3.05, 3.63) is 57.0 Å². The lowest BCUT2D eigenvalue weighted by Crippen LogP contribution is -2.37. The highest BCUT2D eigenvalue weighted by Crippen LogP contribution is 2.19. The van der Waals surface area contributed by atoms with Gasteiger partial charge in [-0.25, -0.2) is 9.78 Å². The first-order valence-corrected chi connectivity index (χ1v) is 8.42. The number of rotatable bonds is 4. The van der Waals surface area contributed by atoms with Crippen molar-refractivity contribution in [1.29, 1.82) is 0 Å². The topological polar surface area (TPSA) is 89.2 Å². The van der Waals surface area contributed by atoms with Gasteiger partial charge in [-0.15, -0.1) is 0 Å². The summed E-state index contributed by atoms with van der Waals surface area (Å²) in [6.45, 7) is 2.02. The Bertz CT molecular complexity index is 950. The number of aromatic nitrogens is 3. The van der Waals surface area contributed by atoms with E-state index in [0.29, 0.717) is 5.69 Å². The van der Waals surface area contributed by atoms with Crippen molar-refractivity contribution in [1.82, 2.24) is 14.1 Å². The van der Waals surface area contributed by atoms with E-state index in [1.807, 2.05) is 6.07 Å². The summed E-state index contributed by atoms with van der Waals surface area (Å²) < 4.78 is 2.29. The van der Waals surface area contributed by atoms with E-state index < -0.39 is 11.2 Å². The van der Waals surface area contributed by atoms with Crippen molar-refractivity contribution >= 4 is 23.5 Å². The molecule has 136 valence electrons. The van der Waals surface area contributed by atoms with Crippen LogP contribution in [0.15, 0.2) is 40.2 Å². The molecule has 1 saturated heterocycles. The number of nitrogens with one attached hydrogen (secondary N) is 1. The average Bonchev–Trinajstić information content (AvgIpc) is 3.17. The fraction of sp³-hybridized carbons (Fsp3) is 0.333. The van der Waals surface area contributed by atoms with Crippen LogP contribution >= 0.6 is 0 Å². The van der Waals surface area contributed by atoms with E-state index in [4.69, 9.17) is 0 Å². The van der Waals surface area contributed by atoms with Crippen molar-refractivity contribution < 1.29 is 4.79 Å². The van der Waals surface area contributed by atoms with Crippen LogP contribution in [0.25, 0.3) is 6.08 Å². The number of aryl methyl sites for hydroxylation is 1. The SMILES string of the molecule is Cn1cc(/C=C/C(=O)Nc2ccc(N3CCCC3)nc2)c(=O)n(C)c1=O. The van der Waals surface area contributed by atoms with Crippen LogP contribution in [-0.2, 0) is 18.9 Å². The summed E-state index contributed by atoms with van der Waals surface area (Å²) in [6, 6.07) is 3.69.